The standard InChI is InChI=1S/C21H23ClN6OS/c1-13-5-3-6-15(22)19(13)27-20(29)16-11-24-21(30-16)26-17-7-4-8-18(25-17)28-10-9-23-14(2)12-28/h3-8,11,14,23H,9-10,12H2,1-2H3,(H,27,29)(H,24,25,26)/t14-/m0/s1. The summed E-state index contributed by atoms with van der Waals surface area (Å²) in [5.74, 6) is 1.38. The maximum Gasteiger partial charge on any atom is 0.267 e. The zero-order valence-corrected chi connectivity index (χ0v) is 18.3. The zero-order chi connectivity index (χ0) is 21.1. The number of carbonyl (C=O) groups is 1. The minimum atomic E-state index is -0.242. The van der Waals surface area contributed by atoms with Crippen LogP contribution in [0.5, 0.6) is 0 Å². The van der Waals surface area contributed by atoms with Crippen molar-refractivity contribution in [2.45, 2.75) is 19.9 Å². The maximum absolute atomic E-state index is 12.6. The molecule has 0 saturated carbocycles. The Balaban J connectivity index is 1.44. The molecule has 1 aliphatic heterocycles. The number of thiazole rings is 1. The molecule has 1 fully saturated rings. The normalized spacial score (nSPS) is 16.4. The van der Waals surface area contributed by atoms with Gasteiger partial charge >= 0.3 is 0 Å². The third-order valence-corrected chi connectivity index (χ3v) is 6.08. The number of hydrogen-bond acceptors (Lipinski definition) is 7. The van der Waals surface area contributed by atoms with Gasteiger partial charge in [0.05, 0.1) is 16.9 Å². The number of nitrogens with one attached hydrogen (secondary N) is 3. The minimum Gasteiger partial charge on any atom is -0.354 e. The maximum atomic E-state index is 12.6. The second kappa shape index (κ2) is 8.99. The highest BCUT2D eigenvalue weighted by Crippen LogP contribution is 2.28. The predicted molar refractivity (Wildman–Crippen MR) is 123 cm³/mol. The first-order valence-electron chi connectivity index (χ1n) is 9.74. The van der Waals surface area contributed by atoms with Crippen molar-refractivity contribution in [3.8, 4) is 0 Å². The van der Waals surface area contributed by atoms with Gasteiger partial charge < -0.3 is 20.9 Å². The molecule has 0 bridgehead atoms. The molecule has 156 valence electrons. The highest BCUT2D eigenvalue weighted by Gasteiger charge is 2.18. The van der Waals surface area contributed by atoms with Gasteiger partial charge in [0.2, 0.25) is 0 Å². The fourth-order valence-electron chi connectivity index (χ4n) is 3.32. The van der Waals surface area contributed by atoms with E-state index in [2.05, 4.69) is 32.8 Å². The highest BCUT2D eigenvalue weighted by atomic mass is 35.5. The Labute approximate surface area is 184 Å². The molecule has 0 spiro atoms. The molecular formula is C21H23ClN6OS. The van der Waals surface area contributed by atoms with Gasteiger partial charge in [0.1, 0.15) is 16.5 Å². The molecule has 3 heterocycles. The van der Waals surface area contributed by atoms with Crippen molar-refractivity contribution in [1.29, 1.82) is 0 Å². The van der Waals surface area contributed by atoms with Gasteiger partial charge in [-0.05, 0) is 37.6 Å². The molecule has 7 nitrogen and oxygen atoms in total. The van der Waals surface area contributed by atoms with Gasteiger partial charge in [0, 0.05) is 25.7 Å². The van der Waals surface area contributed by atoms with E-state index < -0.39 is 0 Å². The molecule has 0 unspecified atom stereocenters. The van der Waals surface area contributed by atoms with Gasteiger partial charge in [-0.3, -0.25) is 4.79 Å². The number of carbonyl (C=O) groups excluding carboxylic acids is 1. The average molecular weight is 443 g/mol. The number of aromatic nitrogens is 2. The van der Waals surface area contributed by atoms with Crippen LogP contribution >= 0.6 is 22.9 Å². The quantitative estimate of drug-likeness (QED) is 0.546. The fraction of sp³-hybridized carbons (Fsp3) is 0.286. The van der Waals surface area contributed by atoms with E-state index in [-0.39, 0.29) is 5.91 Å². The molecule has 3 aromatic rings. The number of anilines is 4. The number of halogens is 1. The summed E-state index contributed by atoms with van der Waals surface area (Å²) in [6.45, 7) is 6.85. The number of benzene rings is 1. The van der Waals surface area contributed by atoms with Crippen molar-refractivity contribution >= 4 is 51.3 Å². The van der Waals surface area contributed by atoms with Crippen LogP contribution in [0.15, 0.2) is 42.6 Å². The van der Waals surface area contributed by atoms with E-state index in [0.29, 0.717) is 32.6 Å². The van der Waals surface area contributed by atoms with Gasteiger partial charge in [0.25, 0.3) is 5.91 Å². The van der Waals surface area contributed by atoms with Crippen LogP contribution in [0.2, 0.25) is 5.02 Å². The molecule has 3 N–H and O–H groups in total. The monoisotopic (exact) mass is 442 g/mol. The Morgan fingerprint density at radius 2 is 2.13 bits per heavy atom. The Hall–Kier alpha value is -2.68. The van der Waals surface area contributed by atoms with E-state index in [1.54, 1.807) is 12.3 Å². The molecule has 1 aromatic carbocycles. The average Bonchev–Trinajstić information content (AvgIpc) is 3.19. The number of para-hydroxylation sites is 1. The second-order valence-corrected chi connectivity index (χ2v) is 8.66. The summed E-state index contributed by atoms with van der Waals surface area (Å²) in [4.78, 5) is 24.4. The molecule has 4 rings (SSSR count). The van der Waals surface area contributed by atoms with Crippen molar-refractivity contribution < 1.29 is 4.79 Å². The van der Waals surface area contributed by atoms with E-state index in [1.165, 1.54) is 11.3 Å². The lowest BCUT2D eigenvalue weighted by Crippen LogP contribution is -2.49. The lowest BCUT2D eigenvalue weighted by atomic mass is 10.2. The van der Waals surface area contributed by atoms with Crippen molar-refractivity contribution in [2.24, 2.45) is 0 Å². The summed E-state index contributed by atoms with van der Waals surface area (Å²) < 4.78 is 0. The predicted octanol–water partition coefficient (Wildman–Crippen LogP) is 4.29. The molecule has 2 aromatic heterocycles. The minimum absolute atomic E-state index is 0.242. The third-order valence-electron chi connectivity index (χ3n) is 4.85. The second-order valence-electron chi connectivity index (χ2n) is 7.22. The number of hydrogen-bond donors (Lipinski definition) is 3. The topological polar surface area (TPSA) is 82.2 Å². The van der Waals surface area contributed by atoms with Crippen LogP contribution in [0.4, 0.5) is 22.5 Å². The van der Waals surface area contributed by atoms with Crippen LogP contribution in [-0.2, 0) is 0 Å². The van der Waals surface area contributed by atoms with Crippen LogP contribution in [0.25, 0.3) is 0 Å². The fourth-order valence-corrected chi connectivity index (χ4v) is 4.31. The van der Waals surface area contributed by atoms with Crippen molar-refractivity contribution in [3.05, 3.63) is 58.1 Å². The smallest absolute Gasteiger partial charge is 0.267 e. The number of rotatable bonds is 5. The summed E-state index contributed by atoms with van der Waals surface area (Å²) in [6, 6.07) is 11.8. The molecule has 1 saturated heterocycles. The third kappa shape index (κ3) is 4.72. The molecule has 1 atom stereocenters. The Bertz CT molecular complexity index is 1040. The van der Waals surface area contributed by atoms with Crippen molar-refractivity contribution in [1.82, 2.24) is 15.3 Å². The molecule has 9 heteroatoms. The molecule has 0 radical (unpaired) electrons. The van der Waals surface area contributed by atoms with Crippen LogP contribution in [0.3, 0.4) is 0 Å². The van der Waals surface area contributed by atoms with Crippen LogP contribution in [0, 0.1) is 6.92 Å². The number of pyridine rings is 1. The lowest BCUT2D eigenvalue weighted by molar-refractivity contribution is 0.103. The summed E-state index contributed by atoms with van der Waals surface area (Å²) in [5, 5.41) is 10.6. The van der Waals surface area contributed by atoms with Gasteiger partial charge in [0.15, 0.2) is 5.13 Å². The Morgan fingerprint density at radius 3 is 2.93 bits per heavy atom. The van der Waals surface area contributed by atoms with E-state index >= 15 is 0 Å². The van der Waals surface area contributed by atoms with Crippen molar-refractivity contribution in [3.63, 3.8) is 0 Å². The van der Waals surface area contributed by atoms with Gasteiger partial charge in [-0.2, -0.15) is 0 Å². The van der Waals surface area contributed by atoms with E-state index in [4.69, 9.17) is 16.6 Å². The SMILES string of the molecule is Cc1cccc(Cl)c1NC(=O)c1cnc(Nc2cccc(N3CCN[C@@H](C)C3)n2)s1. The van der Waals surface area contributed by atoms with Gasteiger partial charge in [-0.1, -0.05) is 41.1 Å². The largest absolute Gasteiger partial charge is 0.354 e. The number of nitrogens with zero attached hydrogens (tertiary/aromatic N) is 3. The van der Waals surface area contributed by atoms with Gasteiger partial charge in [-0.25, -0.2) is 9.97 Å². The van der Waals surface area contributed by atoms with Crippen LogP contribution in [-0.4, -0.2) is 41.6 Å². The van der Waals surface area contributed by atoms with E-state index in [0.717, 1.165) is 31.0 Å². The molecular weight excluding hydrogens is 420 g/mol. The molecule has 30 heavy (non-hydrogen) atoms. The first-order valence-corrected chi connectivity index (χ1v) is 10.9. The lowest BCUT2D eigenvalue weighted by Gasteiger charge is -2.32. The van der Waals surface area contributed by atoms with E-state index in [9.17, 15) is 4.79 Å². The summed E-state index contributed by atoms with van der Waals surface area (Å²) in [6.07, 6.45) is 1.55. The first kappa shape index (κ1) is 20.6. The zero-order valence-electron chi connectivity index (χ0n) is 16.8. The molecule has 0 aliphatic carbocycles. The van der Waals surface area contributed by atoms with Crippen LogP contribution < -0.4 is 20.9 Å². The first-order chi connectivity index (χ1) is 14.5. The van der Waals surface area contributed by atoms with Gasteiger partial charge in [-0.15, -0.1) is 0 Å². The van der Waals surface area contributed by atoms with E-state index in [1.807, 2.05) is 37.3 Å². The molecule has 1 amide bonds. The number of aryl methyl sites for hydroxylation is 1. The summed E-state index contributed by atoms with van der Waals surface area (Å²) in [7, 11) is 0. The summed E-state index contributed by atoms with van der Waals surface area (Å²) in [5.41, 5.74) is 1.52. The van der Waals surface area contributed by atoms with Crippen molar-refractivity contribution in [2.75, 3.05) is 35.2 Å². The highest BCUT2D eigenvalue weighted by molar-refractivity contribution is 7.17. The Kier molecular flexibility index (Phi) is 6.17. The Morgan fingerprint density at radius 1 is 1.30 bits per heavy atom. The molecule has 1 aliphatic rings. The number of amides is 1. The number of piperazine rings is 1. The summed E-state index contributed by atoms with van der Waals surface area (Å²) >= 11 is 7.47. The van der Waals surface area contributed by atoms with Crippen LogP contribution in [0.1, 0.15) is 22.2 Å².